The van der Waals surface area contributed by atoms with E-state index in [0.717, 1.165) is 28.6 Å². The predicted molar refractivity (Wildman–Crippen MR) is 86.5 cm³/mol. The molecule has 1 aliphatic heterocycles. The van der Waals surface area contributed by atoms with Gasteiger partial charge < -0.3 is 4.74 Å². The van der Waals surface area contributed by atoms with Gasteiger partial charge in [0.2, 0.25) is 5.91 Å². The van der Waals surface area contributed by atoms with E-state index in [1.54, 1.807) is 6.07 Å². The second-order valence-electron chi connectivity index (χ2n) is 5.64. The summed E-state index contributed by atoms with van der Waals surface area (Å²) in [6, 6.07) is 9.30. The molecule has 144 valence electrons. The molecule has 0 bridgehead atoms. The molecule has 2 aromatic carbocycles. The number of hydrogen-bond acceptors (Lipinski definition) is 5. The summed E-state index contributed by atoms with van der Waals surface area (Å²) in [5, 5.41) is 8.78. The van der Waals surface area contributed by atoms with Gasteiger partial charge in [0.15, 0.2) is 0 Å². The van der Waals surface area contributed by atoms with Crippen molar-refractivity contribution in [2.75, 3.05) is 4.31 Å². The van der Waals surface area contributed by atoms with Crippen molar-refractivity contribution < 1.29 is 36.3 Å². The van der Waals surface area contributed by atoms with Crippen molar-refractivity contribution >= 4 is 21.6 Å². The first kappa shape index (κ1) is 19.0. The maximum Gasteiger partial charge on any atom is 0.573 e. The Bertz CT molecular complexity index is 961. The summed E-state index contributed by atoms with van der Waals surface area (Å²) in [7, 11) is -4.04. The molecule has 11 heteroatoms. The molecule has 1 unspecified atom stereocenters. The zero-order chi connectivity index (χ0) is 19.8. The molecule has 2 N–H and O–H groups in total. The minimum atomic E-state index is -4.88. The zero-order valence-corrected chi connectivity index (χ0v) is 14.3. The Balaban J connectivity index is 2.03. The molecule has 0 aromatic heterocycles. The molecular formula is C16H13F3N2O5S. The summed E-state index contributed by atoms with van der Waals surface area (Å²) in [6.07, 6.45) is -5.26. The molecule has 0 aliphatic carbocycles. The topological polar surface area (TPSA) is 95.9 Å². The summed E-state index contributed by atoms with van der Waals surface area (Å²) in [6.45, 7) is 0. The fourth-order valence-electron chi connectivity index (χ4n) is 2.92. The van der Waals surface area contributed by atoms with Crippen LogP contribution in [-0.2, 0) is 14.8 Å². The molecule has 0 saturated heterocycles. The van der Waals surface area contributed by atoms with Crippen molar-refractivity contribution in [2.24, 2.45) is 0 Å². The van der Waals surface area contributed by atoms with Crippen molar-refractivity contribution in [2.45, 2.75) is 23.7 Å². The third-order valence-electron chi connectivity index (χ3n) is 3.93. The van der Waals surface area contributed by atoms with Crippen molar-refractivity contribution in [3.8, 4) is 5.75 Å². The van der Waals surface area contributed by atoms with Gasteiger partial charge in [0.05, 0.1) is 23.0 Å². The van der Waals surface area contributed by atoms with Gasteiger partial charge >= 0.3 is 6.36 Å². The van der Waals surface area contributed by atoms with Crippen molar-refractivity contribution in [3.05, 3.63) is 54.1 Å². The molecule has 3 rings (SSSR count). The first-order chi connectivity index (χ1) is 12.6. The number of alkyl halides is 3. The number of sulfonamides is 1. The lowest BCUT2D eigenvalue weighted by Crippen LogP contribution is -2.32. The maximum atomic E-state index is 12.9. The van der Waals surface area contributed by atoms with E-state index in [1.807, 2.05) is 0 Å². The number of amides is 1. The van der Waals surface area contributed by atoms with Crippen LogP contribution >= 0.6 is 0 Å². The highest BCUT2D eigenvalue weighted by molar-refractivity contribution is 7.93. The van der Waals surface area contributed by atoms with Crippen LogP contribution in [0.2, 0.25) is 0 Å². The largest absolute Gasteiger partial charge is 0.573 e. The van der Waals surface area contributed by atoms with Gasteiger partial charge in [-0.2, -0.15) is 0 Å². The second kappa shape index (κ2) is 6.74. The van der Waals surface area contributed by atoms with E-state index in [-0.39, 0.29) is 17.0 Å². The molecular weight excluding hydrogens is 389 g/mol. The fourth-order valence-corrected chi connectivity index (χ4v) is 4.80. The average Bonchev–Trinajstić information content (AvgIpc) is 2.82. The van der Waals surface area contributed by atoms with Gasteiger partial charge in [-0.05, 0) is 35.9 Å². The number of nitrogens with one attached hydrogen (secondary N) is 1. The van der Waals surface area contributed by atoms with Crippen molar-refractivity contribution in [3.63, 3.8) is 0 Å². The van der Waals surface area contributed by atoms with Crippen LogP contribution in [0.5, 0.6) is 5.75 Å². The quantitative estimate of drug-likeness (QED) is 0.606. The van der Waals surface area contributed by atoms with Gasteiger partial charge in [0.25, 0.3) is 10.0 Å². The summed E-state index contributed by atoms with van der Waals surface area (Å²) in [5.41, 5.74) is 1.85. The minimum Gasteiger partial charge on any atom is -0.406 e. The maximum absolute atomic E-state index is 12.9. The number of ether oxygens (including phenoxy) is 1. The molecule has 0 radical (unpaired) electrons. The summed E-state index contributed by atoms with van der Waals surface area (Å²) >= 11 is 0. The molecule has 2 aromatic rings. The van der Waals surface area contributed by atoms with E-state index >= 15 is 0 Å². The molecule has 1 aliphatic rings. The van der Waals surface area contributed by atoms with E-state index in [0.29, 0.717) is 5.56 Å². The smallest absolute Gasteiger partial charge is 0.406 e. The summed E-state index contributed by atoms with van der Waals surface area (Å²) < 4.78 is 67.4. The number of halogens is 3. The minimum absolute atomic E-state index is 0.0173. The van der Waals surface area contributed by atoms with Crippen LogP contribution in [-0.4, -0.2) is 25.9 Å². The van der Waals surface area contributed by atoms with E-state index in [4.69, 9.17) is 5.21 Å². The number of hydrogen-bond donors (Lipinski definition) is 2. The van der Waals surface area contributed by atoms with E-state index < -0.39 is 34.1 Å². The summed E-state index contributed by atoms with van der Waals surface area (Å²) in [5.74, 6) is -1.32. The Morgan fingerprint density at radius 1 is 1.15 bits per heavy atom. The number of carbonyl (C=O) groups is 1. The Labute approximate surface area is 152 Å². The highest BCUT2D eigenvalue weighted by Gasteiger charge is 2.43. The van der Waals surface area contributed by atoms with Gasteiger partial charge in [-0.3, -0.25) is 14.3 Å². The molecule has 1 amide bonds. The van der Waals surface area contributed by atoms with Gasteiger partial charge in [0, 0.05) is 0 Å². The third kappa shape index (κ3) is 3.69. The number of anilines is 1. The standard InChI is InChI=1S/C16H13F3N2O5S/c17-16(18,19)26-11-7-5-10(6-8-11)21-13(9-15(22)20-23)12-3-1-2-4-14(12)27(21,24)25/h1-8,13,23H,9H2,(H,20,22). The normalized spacial score (nSPS) is 18.1. The molecule has 27 heavy (non-hydrogen) atoms. The third-order valence-corrected chi connectivity index (χ3v) is 5.84. The van der Waals surface area contributed by atoms with Gasteiger partial charge in [0.1, 0.15) is 5.75 Å². The van der Waals surface area contributed by atoms with Crippen LogP contribution in [0.3, 0.4) is 0 Å². The Morgan fingerprint density at radius 2 is 1.78 bits per heavy atom. The SMILES string of the molecule is O=C(CC1c2ccccc2S(=O)(=O)N1c1ccc(OC(F)(F)F)cc1)NO. The number of carbonyl (C=O) groups excluding carboxylic acids is 1. The van der Waals surface area contributed by atoms with Crippen LogP contribution in [0, 0.1) is 0 Å². The first-order valence-electron chi connectivity index (χ1n) is 7.55. The van der Waals surface area contributed by atoms with E-state index in [9.17, 15) is 26.4 Å². The van der Waals surface area contributed by atoms with Crippen LogP contribution in [0.1, 0.15) is 18.0 Å². The number of benzene rings is 2. The average molecular weight is 402 g/mol. The Hall–Kier alpha value is -2.79. The highest BCUT2D eigenvalue weighted by atomic mass is 32.2. The molecule has 1 atom stereocenters. The first-order valence-corrected chi connectivity index (χ1v) is 8.99. The lowest BCUT2D eigenvalue weighted by Gasteiger charge is -2.25. The van der Waals surface area contributed by atoms with Gasteiger partial charge in [-0.15, -0.1) is 13.2 Å². The monoisotopic (exact) mass is 402 g/mol. The molecule has 7 nitrogen and oxygen atoms in total. The lowest BCUT2D eigenvalue weighted by atomic mass is 10.0. The van der Waals surface area contributed by atoms with Gasteiger partial charge in [-0.25, -0.2) is 13.9 Å². The van der Waals surface area contributed by atoms with Crippen molar-refractivity contribution in [1.29, 1.82) is 0 Å². The Morgan fingerprint density at radius 3 is 2.37 bits per heavy atom. The molecule has 0 saturated carbocycles. The molecule has 1 heterocycles. The van der Waals surface area contributed by atoms with Crippen LogP contribution < -0.4 is 14.5 Å². The van der Waals surface area contributed by atoms with Crippen molar-refractivity contribution in [1.82, 2.24) is 5.48 Å². The van der Waals surface area contributed by atoms with E-state index in [1.165, 1.54) is 23.7 Å². The van der Waals surface area contributed by atoms with Crippen LogP contribution in [0.15, 0.2) is 53.4 Å². The highest BCUT2D eigenvalue weighted by Crippen LogP contribution is 2.44. The zero-order valence-electron chi connectivity index (χ0n) is 13.5. The predicted octanol–water partition coefficient (Wildman–Crippen LogP) is 2.73. The number of nitrogens with zero attached hydrogens (tertiary/aromatic N) is 1. The number of fused-ring (bicyclic) bond motifs is 1. The van der Waals surface area contributed by atoms with E-state index in [2.05, 4.69) is 4.74 Å². The Kier molecular flexibility index (Phi) is 4.74. The van der Waals surface area contributed by atoms with Crippen LogP contribution in [0.4, 0.5) is 18.9 Å². The van der Waals surface area contributed by atoms with Gasteiger partial charge in [-0.1, -0.05) is 18.2 Å². The summed E-state index contributed by atoms with van der Waals surface area (Å²) in [4.78, 5) is 11.6. The second-order valence-corrected chi connectivity index (χ2v) is 7.42. The number of hydroxylamine groups is 1. The number of rotatable bonds is 4. The van der Waals surface area contributed by atoms with Crippen LogP contribution in [0.25, 0.3) is 0 Å². The fraction of sp³-hybridized carbons (Fsp3) is 0.188. The molecule has 0 spiro atoms. The lowest BCUT2D eigenvalue weighted by molar-refractivity contribution is -0.274. The molecule has 0 fully saturated rings.